The van der Waals surface area contributed by atoms with Gasteiger partial charge in [-0.2, -0.15) is 0 Å². The molecule has 356 valence electrons. The summed E-state index contributed by atoms with van der Waals surface area (Å²) < 4.78 is 47.2. The predicted molar refractivity (Wildman–Crippen MR) is 283 cm³/mol. The zero-order valence-electron chi connectivity index (χ0n) is 38.7. The van der Waals surface area contributed by atoms with Gasteiger partial charge in [-0.25, -0.2) is 0 Å². The van der Waals surface area contributed by atoms with Crippen LogP contribution in [-0.4, -0.2) is 0 Å². The Labute approximate surface area is 416 Å². The van der Waals surface area contributed by atoms with Gasteiger partial charge >= 0.3 is 0 Å². The normalized spacial score (nSPS) is 10.4. The van der Waals surface area contributed by atoms with E-state index in [9.17, 15) is 0 Å². The molecule has 72 heavy (non-hydrogen) atoms. The third kappa shape index (κ3) is 13.1. The van der Waals surface area contributed by atoms with Crippen LogP contribution in [0, 0.1) is 0 Å². The molecule has 0 aliphatic heterocycles. The Morgan fingerprint density at radius 3 is 0.583 bits per heavy atom. The Kier molecular flexibility index (Phi) is 14.8. The molecule has 0 saturated carbocycles. The minimum atomic E-state index is 0.570. The van der Waals surface area contributed by atoms with Crippen LogP contribution < -0.4 is 60.8 Å². The number of nitrogens with two attached hydrogens (primary N) is 4. The van der Waals surface area contributed by atoms with Crippen LogP contribution in [0.2, 0.25) is 0 Å². The highest BCUT2D eigenvalue weighted by molar-refractivity contribution is 5.57. The first-order valence-electron chi connectivity index (χ1n) is 22.7. The summed E-state index contributed by atoms with van der Waals surface area (Å²) in [5.41, 5.74) is 26.1. The van der Waals surface area contributed by atoms with Crippen molar-refractivity contribution in [1.29, 1.82) is 0 Å². The summed E-state index contributed by atoms with van der Waals surface area (Å²) in [6.45, 7) is 0. The molecule has 10 aromatic carbocycles. The first kappa shape index (κ1) is 46.9. The molecule has 0 aromatic heterocycles. The van der Waals surface area contributed by atoms with Crippen LogP contribution in [0.4, 0.5) is 22.7 Å². The molecule has 10 rings (SSSR count). The smallest absolute Gasteiger partial charge is 0.150 e. The standard InChI is InChI=1S/2C30H24N2O4/c31-27-11-1-3-13-29(27)35-25-9-5-7-23(19-25)33-21-15-17-22(18-16-21)34-24-8-6-10-26(20-24)36-30-14-4-2-12-28(30)32;31-27-5-1-3-7-29(27)35-25-17-13-23(14-18-25)33-21-9-11-22(12-10-21)34-24-15-19-26(20-16-24)36-30-8-4-2-6-28(30)32/h2*1-20H,31-32H2. The van der Waals surface area contributed by atoms with E-state index in [-0.39, 0.29) is 0 Å². The van der Waals surface area contributed by atoms with Gasteiger partial charge in [0, 0.05) is 12.1 Å². The van der Waals surface area contributed by atoms with Crippen LogP contribution in [0.1, 0.15) is 0 Å². The van der Waals surface area contributed by atoms with Gasteiger partial charge in [-0.05, 0) is 170 Å². The van der Waals surface area contributed by atoms with Gasteiger partial charge in [0.05, 0.1) is 22.7 Å². The zero-order chi connectivity index (χ0) is 49.5. The Morgan fingerprint density at radius 1 is 0.167 bits per heavy atom. The summed E-state index contributed by atoms with van der Waals surface area (Å²) in [6, 6.07) is 73.6. The lowest BCUT2D eigenvalue weighted by atomic mass is 10.3. The molecule has 0 aliphatic carbocycles. The first-order chi connectivity index (χ1) is 35.2. The lowest BCUT2D eigenvalue weighted by Crippen LogP contribution is -1.92. The van der Waals surface area contributed by atoms with E-state index in [4.69, 9.17) is 60.8 Å². The van der Waals surface area contributed by atoms with Gasteiger partial charge < -0.3 is 60.8 Å². The molecule has 0 unspecified atom stereocenters. The van der Waals surface area contributed by atoms with E-state index in [0.717, 1.165) is 0 Å². The van der Waals surface area contributed by atoms with Crippen molar-refractivity contribution in [3.8, 4) is 92.0 Å². The Morgan fingerprint density at radius 2 is 0.347 bits per heavy atom. The maximum atomic E-state index is 5.99. The largest absolute Gasteiger partial charge is 0.457 e. The minimum Gasteiger partial charge on any atom is -0.457 e. The van der Waals surface area contributed by atoms with Gasteiger partial charge in [0.2, 0.25) is 0 Å². The molecule has 0 aliphatic rings. The lowest BCUT2D eigenvalue weighted by molar-refractivity contribution is 0.453. The number of nitrogen functional groups attached to an aromatic ring is 4. The fourth-order valence-electron chi connectivity index (χ4n) is 6.85. The maximum Gasteiger partial charge on any atom is 0.150 e. The van der Waals surface area contributed by atoms with Gasteiger partial charge in [-0.3, -0.25) is 0 Å². The molecule has 0 amide bonds. The second-order valence-electron chi connectivity index (χ2n) is 15.8. The van der Waals surface area contributed by atoms with E-state index in [0.29, 0.717) is 115 Å². The highest BCUT2D eigenvalue weighted by Crippen LogP contribution is 2.36. The molecule has 0 radical (unpaired) electrons. The van der Waals surface area contributed by atoms with Gasteiger partial charge in [0.15, 0.2) is 0 Å². The summed E-state index contributed by atoms with van der Waals surface area (Å²) >= 11 is 0. The molecule has 0 saturated heterocycles. The molecule has 0 fully saturated rings. The van der Waals surface area contributed by atoms with Crippen molar-refractivity contribution in [2.24, 2.45) is 0 Å². The van der Waals surface area contributed by atoms with Crippen LogP contribution in [-0.2, 0) is 0 Å². The molecule has 12 nitrogen and oxygen atoms in total. The summed E-state index contributed by atoms with van der Waals surface area (Å²) in [7, 11) is 0. The van der Waals surface area contributed by atoms with Gasteiger partial charge in [-0.1, -0.05) is 60.7 Å². The van der Waals surface area contributed by atoms with Gasteiger partial charge in [0.25, 0.3) is 0 Å². The third-order valence-electron chi connectivity index (χ3n) is 10.4. The number of ether oxygens (including phenoxy) is 8. The molecule has 8 N–H and O–H groups in total. The Hall–Kier alpha value is -10.2. The van der Waals surface area contributed by atoms with E-state index in [1.54, 1.807) is 24.3 Å². The minimum absolute atomic E-state index is 0.570. The first-order valence-corrected chi connectivity index (χ1v) is 22.7. The quantitative estimate of drug-likeness (QED) is 0.0675. The summed E-state index contributed by atoms with van der Waals surface area (Å²) in [6.07, 6.45) is 0. The molecule has 0 atom stereocenters. The summed E-state index contributed by atoms with van der Waals surface area (Å²) in [5.74, 6) is 10.4. The van der Waals surface area contributed by atoms with Gasteiger partial charge in [0.1, 0.15) is 92.0 Å². The number of hydrogen-bond donors (Lipinski definition) is 4. The number of para-hydroxylation sites is 8. The zero-order valence-corrected chi connectivity index (χ0v) is 38.7. The lowest BCUT2D eigenvalue weighted by Gasteiger charge is -2.12. The van der Waals surface area contributed by atoms with Crippen molar-refractivity contribution in [3.63, 3.8) is 0 Å². The maximum absolute atomic E-state index is 5.99. The number of hydrogen-bond acceptors (Lipinski definition) is 12. The second-order valence-corrected chi connectivity index (χ2v) is 15.8. The van der Waals surface area contributed by atoms with E-state index >= 15 is 0 Å². The number of benzene rings is 10. The molecular weight excluding hydrogens is 905 g/mol. The van der Waals surface area contributed by atoms with E-state index in [1.165, 1.54) is 0 Å². The summed E-state index contributed by atoms with van der Waals surface area (Å²) in [5, 5.41) is 0. The van der Waals surface area contributed by atoms with E-state index < -0.39 is 0 Å². The molecule has 0 spiro atoms. The van der Waals surface area contributed by atoms with Crippen molar-refractivity contribution in [3.05, 3.63) is 243 Å². The third-order valence-corrected chi connectivity index (χ3v) is 10.4. The van der Waals surface area contributed by atoms with Crippen molar-refractivity contribution in [1.82, 2.24) is 0 Å². The fourth-order valence-corrected chi connectivity index (χ4v) is 6.85. The molecule has 0 bridgehead atoms. The monoisotopic (exact) mass is 952 g/mol. The second kappa shape index (κ2) is 22.7. The molecule has 0 heterocycles. The van der Waals surface area contributed by atoms with Crippen LogP contribution >= 0.6 is 0 Å². The Bertz CT molecular complexity index is 3130. The number of rotatable bonds is 16. The van der Waals surface area contributed by atoms with Gasteiger partial charge in [-0.15, -0.1) is 0 Å². The fraction of sp³-hybridized carbons (Fsp3) is 0. The average Bonchev–Trinajstić information content (AvgIpc) is 3.39. The molecule has 12 heteroatoms. The summed E-state index contributed by atoms with van der Waals surface area (Å²) in [4.78, 5) is 0. The van der Waals surface area contributed by atoms with Crippen LogP contribution in [0.5, 0.6) is 92.0 Å². The molecular formula is C60H48N4O8. The Balaban J connectivity index is 0.000000178. The van der Waals surface area contributed by atoms with Crippen molar-refractivity contribution >= 4 is 22.7 Å². The van der Waals surface area contributed by atoms with Crippen LogP contribution in [0.15, 0.2) is 243 Å². The van der Waals surface area contributed by atoms with Crippen LogP contribution in [0.3, 0.4) is 0 Å². The SMILES string of the molecule is Nc1ccccc1Oc1ccc(Oc2ccc(Oc3ccc(Oc4ccccc4N)cc3)cc2)cc1.Nc1ccccc1Oc1cccc(Oc2ccc(Oc3cccc(Oc4ccccc4N)c3)cc2)c1. The molecule has 10 aromatic rings. The van der Waals surface area contributed by atoms with Crippen molar-refractivity contribution < 1.29 is 37.9 Å². The van der Waals surface area contributed by atoms with E-state index in [1.807, 2.05) is 218 Å². The average molecular weight is 953 g/mol. The van der Waals surface area contributed by atoms with Crippen LogP contribution in [0.25, 0.3) is 0 Å². The van der Waals surface area contributed by atoms with Crippen molar-refractivity contribution in [2.45, 2.75) is 0 Å². The predicted octanol–water partition coefficient (Wildman–Crippen LogP) is 16.0. The van der Waals surface area contributed by atoms with Crippen molar-refractivity contribution in [2.75, 3.05) is 22.9 Å². The topological polar surface area (TPSA) is 178 Å². The van der Waals surface area contributed by atoms with E-state index in [2.05, 4.69) is 0 Å². The number of anilines is 4. The highest BCUT2D eigenvalue weighted by atomic mass is 16.5. The highest BCUT2D eigenvalue weighted by Gasteiger charge is 2.09.